The minimum atomic E-state index is -3.83. The molecule has 1 aromatic heterocycles. The zero-order valence-electron chi connectivity index (χ0n) is 20.0. The van der Waals surface area contributed by atoms with Crippen LogP contribution in [-0.4, -0.2) is 53.1 Å². The Morgan fingerprint density at radius 2 is 2.16 bits per heavy atom. The van der Waals surface area contributed by atoms with Crippen molar-refractivity contribution in [3.05, 3.63) is 41.2 Å². The van der Waals surface area contributed by atoms with Crippen LogP contribution in [0.5, 0.6) is 0 Å². The molecule has 168 valence electrons. The van der Waals surface area contributed by atoms with Gasteiger partial charge in [-0.25, -0.2) is 13.1 Å². The Kier molecular flexibility index (Phi) is 3.69. The molecule has 1 amide bonds. The first-order chi connectivity index (χ1) is 16.0. The predicted octanol–water partition coefficient (Wildman–Crippen LogP) is 1.88. The molecular weight excluding hydrogens is 428 g/mol. The summed E-state index contributed by atoms with van der Waals surface area (Å²) in [5.74, 6) is -0.371. The molecule has 9 nitrogen and oxygen atoms in total. The summed E-state index contributed by atoms with van der Waals surface area (Å²) in [7, 11) is -3.83. The van der Waals surface area contributed by atoms with Crippen molar-refractivity contribution in [1.29, 1.82) is 0 Å². The zero-order chi connectivity index (χ0) is 24.0. The molecule has 1 saturated carbocycles. The van der Waals surface area contributed by atoms with Gasteiger partial charge in [0.15, 0.2) is 0 Å². The predicted molar refractivity (Wildman–Crippen MR) is 119 cm³/mol. The van der Waals surface area contributed by atoms with Gasteiger partial charge >= 0.3 is 0 Å². The number of carbonyl (C=O) groups is 1. The highest BCUT2D eigenvalue weighted by molar-refractivity contribution is 7.89. The van der Waals surface area contributed by atoms with Crippen molar-refractivity contribution in [1.82, 2.24) is 19.4 Å². The van der Waals surface area contributed by atoms with Crippen LogP contribution >= 0.6 is 0 Å². The fourth-order valence-electron chi connectivity index (χ4n) is 4.62. The number of carbonyl (C=O) groups excluding carboxylic acids is 1. The molecule has 1 atom stereocenters. The van der Waals surface area contributed by atoms with E-state index in [0.717, 1.165) is 36.4 Å². The number of fused-ring (bicyclic) bond motifs is 4. The van der Waals surface area contributed by atoms with Crippen LogP contribution in [-0.2, 0) is 29.5 Å². The highest BCUT2D eigenvalue weighted by atomic mass is 32.2. The summed E-state index contributed by atoms with van der Waals surface area (Å²) in [6.07, 6.45) is 4.59. The number of benzene rings is 1. The first-order valence-electron chi connectivity index (χ1n) is 11.9. The van der Waals surface area contributed by atoms with E-state index in [1.165, 1.54) is 18.3 Å². The van der Waals surface area contributed by atoms with Crippen LogP contribution in [0.4, 0.5) is 5.69 Å². The quantitative estimate of drug-likeness (QED) is 0.741. The standard InChI is InChI=1S/C22H26N6O3S/c1-14-11-23-21-26(13-15-12-24-27-9-3-4-18(15)27)20(29)17-10-16(5-6-19(17)28(14)21)32(30,31)25-22(2)7-8-22/h5-6,10,12,14,25H,3-4,7-9,11,13H2,1-2H3/t14-/m1/s1/i13D2. The Morgan fingerprint density at radius 1 is 1.34 bits per heavy atom. The SMILES string of the molecule is [2H]C([2H])(c1cnn2c1CCC2)N1C(=O)c2cc(S(=O)(=O)NC3(C)CC3)ccc2N2C1=NC[C@H]2C. The molecule has 0 saturated heterocycles. The van der Waals surface area contributed by atoms with Crippen molar-refractivity contribution >= 4 is 27.6 Å². The summed E-state index contributed by atoms with van der Waals surface area (Å²) in [6, 6.07) is 4.37. The maximum absolute atomic E-state index is 13.8. The Labute approximate surface area is 190 Å². The number of rotatable bonds is 5. The van der Waals surface area contributed by atoms with E-state index in [0.29, 0.717) is 24.2 Å². The zero-order valence-corrected chi connectivity index (χ0v) is 18.8. The monoisotopic (exact) mass is 456 g/mol. The molecule has 10 heteroatoms. The van der Waals surface area contributed by atoms with Gasteiger partial charge in [0.1, 0.15) is 0 Å². The molecule has 4 aliphatic rings. The van der Waals surface area contributed by atoms with E-state index >= 15 is 0 Å². The van der Waals surface area contributed by atoms with E-state index in [-0.39, 0.29) is 22.5 Å². The van der Waals surface area contributed by atoms with E-state index in [1.807, 2.05) is 18.7 Å². The van der Waals surface area contributed by atoms with Crippen LogP contribution in [0.15, 0.2) is 34.3 Å². The molecule has 4 heterocycles. The molecule has 6 rings (SSSR count). The third-order valence-electron chi connectivity index (χ3n) is 6.67. The third kappa shape index (κ3) is 3.00. The van der Waals surface area contributed by atoms with Gasteiger partial charge in [0.05, 0.1) is 44.2 Å². The number of aryl methyl sites for hydroxylation is 1. The van der Waals surface area contributed by atoms with E-state index in [1.54, 1.807) is 10.7 Å². The van der Waals surface area contributed by atoms with Crippen molar-refractivity contribution in [3.8, 4) is 0 Å². The number of aromatic nitrogens is 2. The number of anilines is 1. The number of hydrogen-bond donors (Lipinski definition) is 1. The lowest BCUT2D eigenvalue weighted by Crippen LogP contribution is -2.52. The van der Waals surface area contributed by atoms with E-state index in [9.17, 15) is 13.2 Å². The average molecular weight is 457 g/mol. The maximum Gasteiger partial charge on any atom is 0.263 e. The van der Waals surface area contributed by atoms with Gasteiger partial charge in [-0.2, -0.15) is 5.10 Å². The van der Waals surface area contributed by atoms with Gasteiger partial charge in [-0.05, 0) is 57.7 Å². The summed E-state index contributed by atoms with van der Waals surface area (Å²) in [5.41, 5.74) is 1.35. The molecule has 1 aromatic carbocycles. The molecule has 0 unspecified atom stereocenters. The molecule has 3 aliphatic heterocycles. The number of guanidine groups is 1. The van der Waals surface area contributed by atoms with E-state index in [4.69, 9.17) is 2.74 Å². The molecular formula is C22H26N6O3S. The Bertz CT molecular complexity index is 1360. The molecule has 0 spiro atoms. The van der Waals surface area contributed by atoms with Crippen LogP contribution in [0.2, 0.25) is 0 Å². The normalized spacial score (nSPS) is 24.5. The van der Waals surface area contributed by atoms with Crippen molar-refractivity contribution in [3.63, 3.8) is 0 Å². The molecule has 1 aliphatic carbocycles. The topological polar surface area (TPSA) is 99.9 Å². The van der Waals surface area contributed by atoms with Crippen LogP contribution in [0.1, 0.15) is 57.5 Å². The van der Waals surface area contributed by atoms with Crippen molar-refractivity contribution in [2.45, 2.75) is 69.0 Å². The summed E-state index contributed by atoms with van der Waals surface area (Å²) < 4.78 is 48.5. The van der Waals surface area contributed by atoms with Gasteiger partial charge in [0.25, 0.3) is 5.91 Å². The van der Waals surface area contributed by atoms with Crippen molar-refractivity contribution < 1.29 is 16.0 Å². The first kappa shape index (κ1) is 17.8. The molecule has 1 fully saturated rings. The van der Waals surface area contributed by atoms with Crippen LogP contribution < -0.4 is 9.62 Å². The average Bonchev–Trinajstić information content (AvgIpc) is 3.14. The highest BCUT2D eigenvalue weighted by Crippen LogP contribution is 2.38. The smallest absolute Gasteiger partial charge is 0.263 e. The second-order valence-corrected chi connectivity index (χ2v) is 11.0. The molecule has 1 N–H and O–H groups in total. The summed E-state index contributed by atoms with van der Waals surface area (Å²) in [5, 5.41) is 4.31. The molecule has 0 bridgehead atoms. The summed E-state index contributed by atoms with van der Waals surface area (Å²) in [4.78, 5) is 21.2. The van der Waals surface area contributed by atoms with Crippen molar-refractivity contribution in [2.75, 3.05) is 11.4 Å². The van der Waals surface area contributed by atoms with E-state index in [2.05, 4.69) is 14.8 Å². The van der Waals surface area contributed by atoms with Gasteiger partial charge in [0, 0.05) is 23.3 Å². The van der Waals surface area contributed by atoms with Gasteiger partial charge in [-0.1, -0.05) is 0 Å². The third-order valence-corrected chi connectivity index (χ3v) is 8.31. The lowest BCUT2D eigenvalue weighted by atomic mass is 10.1. The van der Waals surface area contributed by atoms with Gasteiger partial charge < -0.3 is 4.90 Å². The maximum atomic E-state index is 13.8. The number of hydrogen-bond acceptors (Lipinski definition) is 6. The lowest BCUT2D eigenvalue weighted by molar-refractivity contribution is 0.0832. The number of aliphatic imine (C=N–C) groups is 1. The minimum Gasteiger partial charge on any atom is -0.307 e. The Morgan fingerprint density at radius 3 is 2.94 bits per heavy atom. The minimum absolute atomic E-state index is 0.00750. The molecule has 0 radical (unpaired) electrons. The second-order valence-electron chi connectivity index (χ2n) is 9.29. The van der Waals surface area contributed by atoms with Gasteiger partial charge in [-0.15, -0.1) is 0 Å². The molecule has 32 heavy (non-hydrogen) atoms. The molecule has 2 aromatic rings. The fourth-order valence-corrected chi connectivity index (χ4v) is 6.11. The highest BCUT2D eigenvalue weighted by Gasteiger charge is 2.43. The number of amides is 1. The Hall–Kier alpha value is -2.72. The van der Waals surface area contributed by atoms with Crippen molar-refractivity contribution in [2.24, 2.45) is 4.99 Å². The number of sulfonamides is 1. The second kappa shape index (κ2) is 6.64. The number of nitrogens with zero attached hydrogens (tertiary/aromatic N) is 5. The Balaban J connectivity index is 1.46. The number of nitrogens with one attached hydrogen (secondary N) is 1. The summed E-state index contributed by atoms with van der Waals surface area (Å²) in [6.45, 7) is 2.72. The van der Waals surface area contributed by atoms with Crippen LogP contribution in [0.3, 0.4) is 0 Å². The lowest BCUT2D eigenvalue weighted by Gasteiger charge is -2.38. The van der Waals surface area contributed by atoms with Gasteiger partial charge in [0.2, 0.25) is 16.0 Å². The van der Waals surface area contributed by atoms with Crippen LogP contribution in [0, 0.1) is 0 Å². The largest absolute Gasteiger partial charge is 0.307 e. The fraction of sp³-hybridized carbons (Fsp3) is 0.500. The van der Waals surface area contributed by atoms with E-state index < -0.39 is 28.0 Å². The first-order valence-corrected chi connectivity index (χ1v) is 12.4. The summed E-state index contributed by atoms with van der Waals surface area (Å²) >= 11 is 0. The van der Waals surface area contributed by atoms with Crippen LogP contribution in [0.25, 0.3) is 0 Å². The van der Waals surface area contributed by atoms with Gasteiger partial charge in [-0.3, -0.25) is 19.4 Å².